The molecule has 0 amide bonds. The van der Waals surface area contributed by atoms with Crippen LogP contribution in [-0.4, -0.2) is 24.3 Å². The molecule has 0 saturated carbocycles. The highest BCUT2D eigenvalue weighted by Crippen LogP contribution is 2.12. The van der Waals surface area contributed by atoms with Crippen molar-refractivity contribution in [2.45, 2.75) is 19.8 Å². The first-order chi connectivity index (χ1) is 5.61. The Morgan fingerprint density at radius 2 is 2.17 bits per heavy atom. The minimum Gasteiger partial charge on any atom is -0.481 e. The van der Waals surface area contributed by atoms with Crippen molar-refractivity contribution in [3.63, 3.8) is 0 Å². The maximum atomic E-state index is 12.0. The number of carboxylic acid groups (broad SMARTS) is 1. The van der Waals surface area contributed by atoms with Crippen molar-refractivity contribution in [3.8, 4) is 0 Å². The van der Waals surface area contributed by atoms with Crippen LogP contribution in [0.1, 0.15) is 19.8 Å². The lowest BCUT2D eigenvalue weighted by molar-refractivity contribution is -0.141. The van der Waals surface area contributed by atoms with E-state index in [-0.39, 0.29) is 12.5 Å². The van der Waals surface area contributed by atoms with Crippen molar-refractivity contribution in [2.75, 3.05) is 13.2 Å². The van der Waals surface area contributed by atoms with E-state index in [1.165, 1.54) is 0 Å². The fourth-order valence-corrected chi connectivity index (χ4v) is 0.905. The zero-order valence-electron chi connectivity index (χ0n) is 7.29. The van der Waals surface area contributed by atoms with Crippen LogP contribution in [-0.2, 0) is 4.79 Å². The molecule has 2 unspecified atom stereocenters. The van der Waals surface area contributed by atoms with Crippen LogP contribution in [0.15, 0.2) is 0 Å². The molecular formula is C8H16FNO2. The van der Waals surface area contributed by atoms with Gasteiger partial charge in [-0.3, -0.25) is 9.18 Å². The number of rotatable bonds is 6. The molecule has 0 aliphatic carbocycles. The van der Waals surface area contributed by atoms with E-state index in [0.717, 1.165) is 0 Å². The quantitative estimate of drug-likeness (QED) is 0.637. The summed E-state index contributed by atoms with van der Waals surface area (Å²) in [5.74, 6) is -1.46. The van der Waals surface area contributed by atoms with E-state index in [1.807, 2.05) is 0 Å². The third-order valence-electron chi connectivity index (χ3n) is 1.91. The second-order valence-electron chi connectivity index (χ2n) is 3.11. The van der Waals surface area contributed by atoms with Gasteiger partial charge >= 0.3 is 5.97 Å². The smallest absolute Gasteiger partial charge is 0.307 e. The summed E-state index contributed by atoms with van der Waals surface area (Å²) in [6.07, 6.45) is 1.06. The van der Waals surface area contributed by atoms with Gasteiger partial charge in [-0.25, -0.2) is 0 Å². The van der Waals surface area contributed by atoms with Gasteiger partial charge in [0.1, 0.15) is 0 Å². The van der Waals surface area contributed by atoms with Gasteiger partial charge < -0.3 is 10.8 Å². The maximum absolute atomic E-state index is 12.0. The summed E-state index contributed by atoms with van der Waals surface area (Å²) >= 11 is 0. The van der Waals surface area contributed by atoms with Crippen LogP contribution in [0.2, 0.25) is 0 Å². The van der Waals surface area contributed by atoms with Gasteiger partial charge in [0.05, 0.1) is 12.6 Å². The summed E-state index contributed by atoms with van der Waals surface area (Å²) in [6.45, 7) is 1.50. The molecular weight excluding hydrogens is 161 g/mol. The van der Waals surface area contributed by atoms with Crippen molar-refractivity contribution in [1.29, 1.82) is 0 Å². The second-order valence-corrected chi connectivity index (χ2v) is 3.11. The Bertz CT molecular complexity index is 141. The van der Waals surface area contributed by atoms with Crippen LogP contribution < -0.4 is 5.73 Å². The molecule has 72 valence electrons. The molecule has 2 atom stereocenters. The van der Waals surface area contributed by atoms with Gasteiger partial charge in [0.15, 0.2) is 0 Å². The zero-order chi connectivity index (χ0) is 9.56. The van der Waals surface area contributed by atoms with E-state index < -0.39 is 18.6 Å². The van der Waals surface area contributed by atoms with Crippen LogP contribution in [0, 0.1) is 11.8 Å². The number of hydrogen-bond acceptors (Lipinski definition) is 2. The summed E-state index contributed by atoms with van der Waals surface area (Å²) < 4.78 is 12.0. The van der Waals surface area contributed by atoms with Gasteiger partial charge in [-0.05, 0) is 18.8 Å². The molecule has 0 aromatic rings. The highest BCUT2D eigenvalue weighted by Gasteiger charge is 2.16. The molecule has 0 rings (SSSR count). The fraction of sp³-hybridized carbons (Fsp3) is 0.875. The highest BCUT2D eigenvalue weighted by atomic mass is 19.1. The Hall–Kier alpha value is -0.640. The molecule has 0 aromatic heterocycles. The lowest BCUT2D eigenvalue weighted by Crippen LogP contribution is -2.23. The van der Waals surface area contributed by atoms with Crippen LogP contribution in [0.3, 0.4) is 0 Å². The first-order valence-corrected chi connectivity index (χ1v) is 4.10. The largest absolute Gasteiger partial charge is 0.481 e. The number of alkyl halides is 1. The standard InChI is InChI=1S/C8H16FNO2/c1-6(4-9)2-3-7(5-10)8(11)12/h6-7H,2-5,10H2,1H3,(H,11,12). The Labute approximate surface area is 71.8 Å². The van der Waals surface area contributed by atoms with E-state index in [9.17, 15) is 9.18 Å². The van der Waals surface area contributed by atoms with Crippen molar-refractivity contribution >= 4 is 5.97 Å². The number of halogens is 1. The van der Waals surface area contributed by atoms with E-state index in [2.05, 4.69) is 0 Å². The molecule has 0 radical (unpaired) electrons. The van der Waals surface area contributed by atoms with E-state index in [0.29, 0.717) is 12.8 Å². The minimum absolute atomic E-state index is 0.0570. The third-order valence-corrected chi connectivity index (χ3v) is 1.91. The Kier molecular flexibility index (Phi) is 5.62. The Morgan fingerprint density at radius 3 is 2.50 bits per heavy atom. The first-order valence-electron chi connectivity index (χ1n) is 4.10. The summed E-state index contributed by atoms with van der Waals surface area (Å²) in [6, 6.07) is 0. The zero-order valence-corrected chi connectivity index (χ0v) is 7.29. The summed E-state index contributed by atoms with van der Waals surface area (Å²) in [4.78, 5) is 10.5. The van der Waals surface area contributed by atoms with E-state index in [1.54, 1.807) is 6.92 Å². The predicted octanol–water partition coefficient (Wildman–Crippen LogP) is 1.03. The first kappa shape index (κ1) is 11.4. The number of nitrogens with two attached hydrogens (primary N) is 1. The lowest BCUT2D eigenvalue weighted by Gasteiger charge is -2.11. The fourth-order valence-electron chi connectivity index (χ4n) is 0.905. The molecule has 0 aromatic carbocycles. The third kappa shape index (κ3) is 4.28. The van der Waals surface area contributed by atoms with Crippen LogP contribution in [0.5, 0.6) is 0 Å². The number of carboxylic acids is 1. The van der Waals surface area contributed by atoms with Crippen molar-refractivity contribution in [2.24, 2.45) is 17.6 Å². The topological polar surface area (TPSA) is 63.3 Å². The predicted molar refractivity (Wildman–Crippen MR) is 44.6 cm³/mol. The maximum Gasteiger partial charge on any atom is 0.307 e. The van der Waals surface area contributed by atoms with Gasteiger partial charge in [-0.2, -0.15) is 0 Å². The Morgan fingerprint density at radius 1 is 1.58 bits per heavy atom. The monoisotopic (exact) mass is 177 g/mol. The molecule has 0 heterocycles. The van der Waals surface area contributed by atoms with Gasteiger partial charge in [0, 0.05) is 6.54 Å². The number of aliphatic carboxylic acids is 1. The molecule has 0 aliphatic heterocycles. The number of hydrogen-bond donors (Lipinski definition) is 2. The summed E-state index contributed by atoms with van der Waals surface area (Å²) in [5.41, 5.74) is 5.23. The van der Waals surface area contributed by atoms with Gasteiger partial charge in [0.25, 0.3) is 0 Å². The molecule has 0 bridgehead atoms. The molecule has 12 heavy (non-hydrogen) atoms. The molecule has 4 heteroatoms. The molecule has 3 nitrogen and oxygen atoms in total. The van der Waals surface area contributed by atoms with Crippen molar-refractivity contribution < 1.29 is 14.3 Å². The lowest BCUT2D eigenvalue weighted by atomic mass is 9.98. The van der Waals surface area contributed by atoms with Gasteiger partial charge in [-0.1, -0.05) is 6.92 Å². The normalized spacial score (nSPS) is 15.6. The van der Waals surface area contributed by atoms with Gasteiger partial charge in [-0.15, -0.1) is 0 Å². The SMILES string of the molecule is CC(CF)CCC(CN)C(=O)O. The molecule has 0 fully saturated rings. The minimum atomic E-state index is -0.886. The van der Waals surface area contributed by atoms with Gasteiger partial charge in [0.2, 0.25) is 0 Å². The molecule has 3 N–H and O–H groups in total. The molecule has 0 aliphatic rings. The van der Waals surface area contributed by atoms with Crippen LogP contribution in [0.4, 0.5) is 4.39 Å². The second kappa shape index (κ2) is 5.94. The van der Waals surface area contributed by atoms with E-state index >= 15 is 0 Å². The average Bonchev–Trinajstić information content (AvgIpc) is 2.04. The molecule has 0 spiro atoms. The Balaban J connectivity index is 3.65. The summed E-state index contributed by atoms with van der Waals surface area (Å²) in [7, 11) is 0. The van der Waals surface area contributed by atoms with Crippen molar-refractivity contribution in [1.82, 2.24) is 0 Å². The molecule has 0 saturated heterocycles. The van der Waals surface area contributed by atoms with Crippen LogP contribution >= 0.6 is 0 Å². The van der Waals surface area contributed by atoms with Crippen LogP contribution in [0.25, 0.3) is 0 Å². The van der Waals surface area contributed by atoms with Crippen molar-refractivity contribution in [3.05, 3.63) is 0 Å². The summed E-state index contributed by atoms with van der Waals surface area (Å²) in [5, 5.41) is 8.59. The van der Waals surface area contributed by atoms with E-state index in [4.69, 9.17) is 10.8 Å². The highest BCUT2D eigenvalue weighted by molar-refractivity contribution is 5.70. The number of carbonyl (C=O) groups is 1. The average molecular weight is 177 g/mol.